The van der Waals surface area contributed by atoms with Crippen LogP contribution in [0.1, 0.15) is 123 Å². The zero-order valence-corrected chi connectivity index (χ0v) is 53.3. The first kappa shape index (κ1) is 74.6. The summed E-state index contributed by atoms with van der Waals surface area (Å²) >= 11 is 0. The van der Waals surface area contributed by atoms with E-state index in [9.17, 15) is 43.5 Å². The highest BCUT2D eigenvalue weighted by molar-refractivity contribution is 5.99. The summed E-state index contributed by atoms with van der Waals surface area (Å²) in [6.45, 7) is 11.2. The molecule has 25 N–H and O–H groups in total. The van der Waals surface area contributed by atoms with Crippen molar-refractivity contribution in [3.05, 3.63) is 72.1 Å². The molecule has 2 aromatic carbocycles. The topological polar surface area (TPSA) is 509 Å². The van der Waals surface area contributed by atoms with Crippen molar-refractivity contribution in [3.63, 3.8) is 0 Å². The van der Waals surface area contributed by atoms with Crippen LogP contribution in [0.5, 0.6) is 0 Å². The van der Waals surface area contributed by atoms with Gasteiger partial charge in [-0.3, -0.25) is 48.3 Å². The number of aromatic amines is 2. The molecule has 0 saturated carbocycles. The lowest BCUT2D eigenvalue weighted by molar-refractivity contribution is -0.143. The molecule has 0 aliphatic carbocycles. The summed E-state index contributed by atoms with van der Waals surface area (Å²) in [5.41, 5.74) is 42.4. The molecule has 2 aromatic heterocycles. The van der Waals surface area contributed by atoms with E-state index in [1.54, 1.807) is 53.9 Å². The summed E-state index contributed by atoms with van der Waals surface area (Å²) in [5, 5.41) is 33.6. The number of H-pyrrole nitrogens is 2. The van der Waals surface area contributed by atoms with E-state index in [0.29, 0.717) is 62.7 Å². The monoisotopic (exact) mass is 1270 g/mol. The number of amides is 8. The highest BCUT2D eigenvalue weighted by Crippen LogP contribution is 2.22. The second-order valence-electron chi connectivity index (χ2n) is 23.7. The molecule has 0 aliphatic heterocycles. The molecule has 10 atom stereocenters. The number of unbranched alkanes of at least 4 members (excludes halogenated alkanes) is 2. The SMILES string of the molecule is CC[C@H](C)[C@H](NC(=O)[C@@H](NC(=O)[C@H](Cc1c[nH]c2ccccc12)NC(=O)[C@@H](NC(=O)[C@H](Cc1c[nH]c2ccccc12)NC(=O)[C@H](CCCN=C(N)N)NC(=O)[C@H](CCCCN)NC(=O)[C@@H](N)CCCCN)C(C)C)C(C)C)C(=O)N[C@@H](CCCN=C(N)N)C(=O)O. The number of hydrogen-bond donors (Lipinski definition) is 18. The third kappa shape index (κ3) is 24.1. The Balaban J connectivity index is 1.69. The van der Waals surface area contributed by atoms with Gasteiger partial charge in [-0.2, -0.15) is 0 Å². The summed E-state index contributed by atoms with van der Waals surface area (Å²) in [5.74, 6) is -9.37. The van der Waals surface area contributed by atoms with Crippen molar-refractivity contribution < 1.29 is 48.3 Å². The van der Waals surface area contributed by atoms with E-state index in [1.807, 2.05) is 48.5 Å². The van der Waals surface area contributed by atoms with Gasteiger partial charge in [0.2, 0.25) is 47.3 Å². The van der Waals surface area contributed by atoms with Crippen LogP contribution in [0.15, 0.2) is 70.9 Å². The molecule has 0 radical (unpaired) electrons. The number of aliphatic carboxylic acids is 1. The number of rotatable bonds is 41. The van der Waals surface area contributed by atoms with Gasteiger partial charge in [-0.05, 0) is 112 Å². The molecular formula is C62H99N19O10. The number of guanidine groups is 2. The Bertz CT molecular complexity index is 3100. The normalized spacial score (nSPS) is 14.7. The first-order chi connectivity index (χ1) is 43.3. The number of nitrogens with zero attached hydrogens (tertiary/aromatic N) is 2. The van der Waals surface area contributed by atoms with Gasteiger partial charge >= 0.3 is 5.97 Å². The number of benzene rings is 2. The first-order valence-electron chi connectivity index (χ1n) is 31.3. The van der Waals surface area contributed by atoms with Crippen LogP contribution < -0.4 is 82.7 Å². The van der Waals surface area contributed by atoms with Crippen molar-refractivity contribution in [3.8, 4) is 0 Å². The third-order valence-corrected chi connectivity index (χ3v) is 15.8. The summed E-state index contributed by atoms with van der Waals surface area (Å²) in [6.07, 6.45) is 6.64. The molecule has 0 spiro atoms. The molecular weight excluding hydrogens is 1170 g/mol. The van der Waals surface area contributed by atoms with Crippen LogP contribution in [-0.2, 0) is 56.0 Å². The minimum absolute atomic E-state index is 0.0171. The van der Waals surface area contributed by atoms with E-state index in [2.05, 4.69) is 62.5 Å². The lowest BCUT2D eigenvalue weighted by atomic mass is 9.95. The fourth-order valence-corrected chi connectivity index (χ4v) is 10.3. The summed E-state index contributed by atoms with van der Waals surface area (Å²) in [4.78, 5) is 142. The zero-order valence-electron chi connectivity index (χ0n) is 53.3. The van der Waals surface area contributed by atoms with Crippen LogP contribution >= 0.6 is 0 Å². The molecule has 502 valence electrons. The molecule has 0 aliphatic rings. The fraction of sp³-hybridized carbons (Fsp3) is 0.565. The van der Waals surface area contributed by atoms with Crippen molar-refractivity contribution in [2.24, 2.45) is 67.9 Å². The van der Waals surface area contributed by atoms with Crippen LogP contribution in [0.4, 0.5) is 0 Å². The number of aromatic nitrogens is 2. The van der Waals surface area contributed by atoms with E-state index in [-0.39, 0.29) is 70.0 Å². The quantitative estimate of drug-likeness (QED) is 0.0151. The summed E-state index contributed by atoms with van der Waals surface area (Å²) in [7, 11) is 0. The van der Waals surface area contributed by atoms with Crippen LogP contribution in [0.25, 0.3) is 21.8 Å². The zero-order chi connectivity index (χ0) is 67.3. The van der Waals surface area contributed by atoms with E-state index in [0.717, 1.165) is 21.8 Å². The molecule has 4 rings (SSSR count). The molecule has 0 saturated heterocycles. The number of carbonyl (C=O) groups excluding carboxylic acids is 8. The third-order valence-electron chi connectivity index (χ3n) is 15.8. The van der Waals surface area contributed by atoms with Gasteiger partial charge in [-0.25, -0.2) is 4.79 Å². The number of carbonyl (C=O) groups is 9. The summed E-state index contributed by atoms with van der Waals surface area (Å²) < 4.78 is 0. The molecule has 29 heteroatoms. The van der Waals surface area contributed by atoms with E-state index < -0.39 is 125 Å². The predicted molar refractivity (Wildman–Crippen MR) is 350 cm³/mol. The Morgan fingerprint density at radius 2 is 0.824 bits per heavy atom. The largest absolute Gasteiger partial charge is 0.480 e. The fourth-order valence-electron chi connectivity index (χ4n) is 10.3. The maximum Gasteiger partial charge on any atom is 0.326 e. The molecule has 8 amide bonds. The van der Waals surface area contributed by atoms with Crippen molar-refractivity contribution in [1.29, 1.82) is 0 Å². The summed E-state index contributed by atoms with van der Waals surface area (Å²) in [6, 6.07) is 3.21. The number of fused-ring (bicyclic) bond motifs is 2. The Labute approximate surface area is 531 Å². The van der Waals surface area contributed by atoms with Crippen LogP contribution in [-0.4, -0.2) is 161 Å². The standard InChI is InChI=1S/C62H99N19O10/c1-7-36(6)51(59(89)76-46(60(90)91)25-17-29-71-62(68)69)81-58(88)50(35(4)5)80-56(86)48(31-38-33-73-43-22-11-9-19-40(38)43)78-57(87)49(34(2)3)79-55(85)47(30-37-32-72-42-21-10-8-18-39(37)42)77-54(84)45(24-16-28-70-61(66)67)75-53(83)44(23-13-15-27-64)74-52(82)41(65)20-12-14-26-63/h8-11,18-19,21-22,32-36,41,44-51,72-73H,7,12-17,20,23-31,63-65H2,1-6H3,(H,74,82)(H,75,83)(H,76,89)(H,77,84)(H,78,87)(H,79,85)(H,80,86)(H,81,88)(H,90,91)(H4,66,67,70)(H4,68,69,71)/t36-,41-,44-,45-,46-,47-,48-,49-,50-,51-/m0/s1. The van der Waals surface area contributed by atoms with Gasteiger partial charge in [0.05, 0.1) is 6.04 Å². The van der Waals surface area contributed by atoms with E-state index in [1.165, 1.54) is 0 Å². The molecule has 29 nitrogen and oxygen atoms in total. The molecule has 0 bridgehead atoms. The number of para-hydroxylation sites is 2. The van der Waals surface area contributed by atoms with Gasteiger partial charge < -0.3 is 97.7 Å². The van der Waals surface area contributed by atoms with Gasteiger partial charge in [0.1, 0.15) is 48.3 Å². The Kier molecular flexibility index (Phi) is 31.2. The number of hydrogen-bond acceptors (Lipinski definition) is 14. The minimum Gasteiger partial charge on any atom is -0.480 e. The lowest BCUT2D eigenvalue weighted by Crippen LogP contribution is -2.62. The maximum absolute atomic E-state index is 15.0. The number of carboxylic acids is 1. The molecule has 0 unspecified atom stereocenters. The highest BCUT2D eigenvalue weighted by Gasteiger charge is 2.38. The highest BCUT2D eigenvalue weighted by atomic mass is 16.4. The van der Waals surface area contributed by atoms with Crippen molar-refractivity contribution in [1.82, 2.24) is 52.5 Å². The lowest BCUT2D eigenvalue weighted by Gasteiger charge is -2.31. The van der Waals surface area contributed by atoms with Gasteiger partial charge in [0, 0.05) is 60.1 Å². The molecule has 91 heavy (non-hydrogen) atoms. The van der Waals surface area contributed by atoms with Crippen LogP contribution in [0, 0.1) is 17.8 Å². The number of nitrogens with one attached hydrogen (secondary N) is 10. The smallest absolute Gasteiger partial charge is 0.326 e. The minimum atomic E-state index is -1.41. The van der Waals surface area contributed by atoms with E-state index >= 15 is 4.79 Å². The van der Waals surface area contributed by atoms with Crippen LogP contribution in [0.3, 0.4) is 0 Å². The van der Waals surface area contributed by atoms with E-state index in [4.69, 9.17) is 40.1 Å². The van der Waals surface area contributed by atoms with Crippen molar-refractivity contribution in [2.45, 2.75) is 179 Å². The van der Waals surface area contributed by atoms with Gasteiger partial charge in [-0.1, -0.05) is 90.8 Å². The second-order valence-corrected chi connectivity index (χ2v) is 23.7. The maximum atomic E-state index is 15.0. The van der Waals surface area contributed by atoms with Gasteiger partial charge in [-0.15, -0.1) is 0 Å². The average molecular weight is 1270 g/mol. The Morgan fingerprint density at radius 3 is 1.26 bits per heavy atom. The Hall–Kier alpha value is -8.83. The Morgan fingerprint density at radius 1 is 0.462 bits per heavy atom. The predicted octanol–water partition coefficient (Wildman–Crippen LogP) is -0.552. The molecule has 4 aromatic rings. The first-order valence-corrected chi connectivity index (χ1v) is 31.3. The van der Waals surface area contributed by atoms with Crippen molar-refractivity contribution >= 4 is 87.0 Å². The van der Waals surface area contributed by atoms with Gasteiger partial charge in [0.25, 0.3) is 0 Å². The van der Waals surface area contributed by atoms with Crippen molar-refractivity contribution in [2.75, 3.05) is 26.2 Å². The number of aliphatic imine (C=N–C) groups is 2. The average Bonchev–Trinajstić information content (AvgIpc) is 1.84. The van der Waals surface area contributed by atoms with Crippen LogP contribution in [0.2, 0.25) is 0 Å². The molecule has 0 fully saturated rings. The molecule has 2 heterocycles. The van der Waals surface area contributed by atoms with Gasteiger partial charge in [0.15, 0.2) is 11.9 Å². The number of carboxylic acid groups (broad SMARTS) is 1. The second kappa shape index (κ2) is 38.0. The number of nitrogens with two attached hydrogens (primary N) is 7.